The number of primary amides is 1. The van der Waals surface area contributed by atoms with Gasteiger partial charge in [-0.2, -0.15) is 0 Å². The minimum atomic E-state index is -0.414. The number of nitrogens with two attached hydrogens (primary N) is 1. The molecular formula is C16H25N3O2. The van der Waals surface area contributed by atoms with Gasteiger partial charge < -0.3 is 16.0 Å². The molecule has 116 valence electrons. The van der Waals surface area contributed by atoms with Gasteiger partial charge in [-0.15, -0.1) is 0 Å². The Bertz CT molecular complexity index is 496. The molecule has 5 heteroatoms. The van der Waals surface area contributed by atoms with Crippen LogP contribution in [0, 0.1) is 6.92 Å². The second-order valence-electron chi connectivity index (χ2n) is 5.00. The zero-order valence-electron chi connectivity index (χ0n) is 13.1. The van der Waals surface area contributed by atoms with Crippen LogP contribution >= 0.6 is 0 Å². The quantitative estimate of drug-likeness (QED) is 0.712. The number of benzene rings is 1. The number of hydrogen-bond acceptors (Lipinski definition) is 3. The summed E-state index contributed by atoms with van der Waals surface area (Å²) in [6.45, 7) is 8.75. The largest absolute Gasteiger partial charge is 0.366 e. The highest BCUT2D eigenvalue weighted by atomic mass is 16.2. The summed E-state index contributed by atoms with van der Waals surface area (Å²) in [7, 11) is 0. The lowest BCUT2D eigenvalue weighted by Crippen LogP contribution is -2.32. The van der Waals surface area contributed by atoms with E-state index in [0.29, 0.717) is 25.1 Å². The summed E-state index contributed by atoms with van der Waals surface area (Å²) in [6.07, 6.45) is 0.500. The molecule has 0 unspecified atom stereocenters. The Balaban J connectivity index is 2.43. The van der Waals surface area contributed by atoms with Gasteiger partial charge in [0.05, 0.1) is 0 Å². The number of nitrogens with zero attached hydrogens (tertiary/aromatic N) is 1. The fourth-order valence-electron chi connectivity index (χ4n) is 2.20. The van der Waals surface area contributed by atoms with Crippen LogP contribution in [-0.4, -0.2) is 36.3 Å². The second kappa shape index (κ2) is 8.42. The molecule has 5 nitrogen and oxygen atoms in total. The number of amides is 2. The maximum absolute atomic E-state index is 11.8. The molecule has 3 N–H and O–H groups in total. The van der Waals surface area contributed by atoms with Gasteiger partial charge in [0.1, 0.15) is 0 Å². The molecule has 0 aliphatic heterocycles. The van der Waals surface area contributed by atoms with E-state index < -0.39 is 5.91 Å². The molecule has 0 fully saturated rings. The predicted octanol–water partition coefficient (Wildman–Crippen LogP) is 1.44. The van der Waals surface area contributed by atoms with Crippen LogP contribution in [-0.2, 0) is 11.3 Å². The molecule has 0 aliphatic rings. The third kappa shape index (κ3) is 5.19. The topological polar surface area (TPSA) is 75.4 Å². The van der Waals surface area contributed by atoms with Crippen LogP contribution in [0.4, 0.5) is 0 Å². The number of hydrogen-bond donors (Lipinski definition) is 2. The van der Waals surface area contributed by atoms with Crippen LogP contribution in [0.1, 0.15) is 41.8 Å². The Morgan fingerprint density at radius 2 is 1.90 bits per heavy atom. The molecule has 1 aromatic rings. The van der Waals surface area contributed by atoms with Crippen LogP contribution in [0.3, 0.4) is 0 Å². The first-order valence-corrected chi connectivity index (χ1v) is 7.37. The molecule has 0 heterocycles. The number of rotatable bonds is 8. The Labute approximate surface area is 126 Å². The van der Waals surface area contributed by atoms with E-state index >= 15 is 0 Å². The van der Waals surface area contributed by atoms with Gasteiger partial charge in [0.2, 0.25) is 11.8 Å². The summed E-state index contributed by atoms with van der Waals surface area (Å²) in [5.41, 5.74) is 7.90. The number of carbonyl (C=O) groups excluding carboxylic acids is 2. The first-order chi connectivity index (χ1) is 9.99. The van der Waals surface area contributed by atoms with Gasteiger partial charge in [-0.1, -0.05) is 6.07 Å². The molecule has 1 rings (SSSR count). The average molecular weight is 291 g/mol. The second-order valence-corrected chi connectivity index (χ2v) is 5.00. The predicted molar refractivity (Wildman–Crippen MR) is 83.9 cm³/mol. The van der Waals surface area contributed by atoms with Gasteiger partial charge in [0.25, 0.3) is 0 Å². The highest BCUT2D eigenvalue weighted by Crippen LogP contribution is 2.10. The van der Waals surface area contributed by atoms with E-state index in [2.05, 4.69) is 5.32 Å². The van der Waals surface area contributed by atoms with Gasteiger partial charge in [0, 0.05) is 38.2 Å². The van der Waals surface area contributed by atoms with E-state index in [1.54, 1.807) is 12.1 Å². The van der Waals surface area contributed by atoms with Crippen LogP contribution in [0.25, 0.3) is 0 Å². The van der Waals surface area contributed by atoms with E-state index in [1.165, 1.54) is 0 Å². The van der Waals surface area contributed by atoms with Gasteiger partial charge >= 0.3 is 0 Å². The Morgan fingerprint density at radius 3 is 2.43 bits per heavy atom. The number of carbonyl (C=O) groups is 2. The average Bonchev–Trinajstić information content (AvgIpc) is 2.46. The van der Waals surface area contributed by atoms with Crippen molar-refractivity contribution in [1.82, 2.24) is 10.2 Å². The van der Waals surface area contributed by atoms with Crippen molar-refractivity contribution in [3.05, 3.63) is 34.9 Å². The summed E-state index contributed by atoms with van der Waals surface area (Å²) in [6, 6.07) is 5.42. The highest BCUT2D eigenvalue weighted by Gasteiger charge is 2.09. The molecule has 0 saturated carbocycles. The van der Waals surface area contributed by atoms with Crippen LogP contribution in [0.2, 0.25) is 0 Å². The first-order valence-electron chi connectivity index (χ1n) is 7.37. The summed E-state index contributed by atoms with van der Waals surface area (Å²) < 4.78 is 0. The minimum absolute atomic E-state index is 0.174. The molecule has 0 saturated heterocycles. The van der Waals surface area contributed by atoms with Crippen molar-refractivity contribution in [2.45, 2.75) is 33.7 Å². The lowest BCUT2D eigenvalue weighted by Gasteiger charge is -2.18. The lowest BCUT2D eigenvalue weighted by atomic mass is 10.0. The van der Waals surface area contributed by atoms with E-state index in [9.17, 15) is 9.59 Å². The maximum atomic E-state index is 11.8. The van der Waals surface area contributed by atoms with Crippen LogP contribution in [0.5, 0.6) is 0 Å². The molecule has 0 radical (unpaired) electrons. The van der Waals surface area contributed by atoms with Crippen molar-refractivity contribution in [3.63, 3.8) is 0 Å². The zero-order chi connectivity index (χ0) is 15.8. The van der Waals surface area contributed by atoms with Gasteiger partial charge in [0.15, 0.2) is 0 Å². The summed E-state index contributed by atoms with van der Waals surface area (Å²) >= 11 is 0. The summed E-state index contributed by atoms with van der Waals surface area (Å²) in [5.74, 6) is -0.240. The molecule has 0 atom stereocenters. The molecular weight excluding hydrogens is 266 g/mol. The Morgan fingerprint density at radius 1 is 1.24 bits per heavy atom. The van der Waals surface area contributed by atoms with Gasteiger partial charge in [-0.3, -0.25) is 9.59 Å². The minimum Gasteiger partial charge on any atom is -0.366 e. The number of aryl methyl sites for hydroxylation is 1. The Hall–Kier alpha value is -1.88. The maximum Gasteiger partial charge on any atom is 0.248 e. The van der Waals surface area contributed by atoms with E-state index in [-0.39, 0.29) is 5.91 Å². The first kappa shape index (κ1) is 17.2. The molecule has 2 amide bonds. The van der Waals surface area contributed by atoms with E-state index in [1.807, 2.05) is 31.7 Å². The van der Waals surface area contributed by atoms with Crippen molar-refractivity contribution in [2.24, 2.45) is 5.73 Å². The number of nitrogens with one attached hydrogen (secondary N) is 1. The summed E-state index contributed by atoms with van der Waals surface area (Å²) in [5, 5.41) is 3.26. The van der Waals surface area contributed by atoms with Gasteiger partial charge in [-0.05, 0) is 44.0 Å². The van der Waals surface area contributed by atoms with Crippen molar-refractivity contribution in [2.75, 3.05) is 19.6 Å². The normalized spacial score (nSPS) is 10.4. The standard InChI is InChI=1S/C16H25N3O2/c1-4-19(5-2)15(20)8-9-18-11-14-7-6-13(16(17)21)10-12(14)3/h6-7,10,18H,4-5,8-9,11H2,1-3H3,(H2,17,21). The third-order valence-corrected chi connectivity index (χ3v) is 3.57. The Kier molecular flexibility index (Phi) is 6.88. The monoisotopic (exact) mass is 291 g/mol. The zero-order valence-corrected chi connectivity index (χ0v) is 13.1. The molecule has 0 aliphatic carbocycles. The van der Waals surface area contributed by atoms with Crippen molar-refractivity contribution < 1.29 is 9.59 Å². The van der Waals surface area contributed by atoms with Crippen LogP contribution in [0.15, 0.2) is 18.2 Å². The van der Waals surface area contributed by atoms with Crippen molar-refractivity contribution in [3.8, 4) is 0 Å². The molecule has 0 spiro atoms. The van der Waals surface area contributed by atoms with Crippen molar-refractivity contribution >= 4 is 11.8 Å². The molecule has 21 heavy (non-hydrogen) atoms. The molecule has 0 bridgehead atoms. The van der Waals surface area contributed by atoms with Gasteiger partial charge in [-0.25, -0.2) is 0 Å². The van der Waals surface area contributed by atoms with Crippen LogP contribution < -0.4 is 11.1 Å². The fourth-order valence-corrected chi connectivity index (χ4v) is 2.20. The van der Waals surface area contributed by atoms with E-state index in [4.69, 9.17) is 5.73 Å². The fraction of sp³-hybridized carbons (Fsp3) is 0.500. The molecule has 1 aromatic carbocycles. The molecule has 0 aromatic heterocycles. The third-order valence-electron chi connectivity index (χ3n) is 3.57. The van der Waals surface area contributed by atoms with E-state index in [0.717, 1.165) is 24.2 Å². The van der Waals surface area contributed by atoms with Crippen molar-refractivity contribution in [1.29, 1.82) is 0 Å². The highest BCUT2D eigenvalue weighted by molar-refractivity contribution is 5.93. The SMILES string of the molecule is CCN(CC)C(=O)CCNCc1ccc(C(N)=O)cc1C. The smallest absolute Gasteiger partial charge is 0.248 e. The summed E-state index contributed by atoms with van der Waals surface area (Å²) in [4.78, 5) is 24.8. The lowest BCUT2D eigenvalue weighted by molar-refractivity contribution is -0.130.